The molecule has 0 aliphatic carbocycles. The average Bonchev–Trinajstić information content (AvgIpc) is 2.90. The van der Waals surface area contributed by atoms with Crippen LogP contribution in [-0.2, 0) is 0 Å². The van der Waals surface area contributed by atoms with Gasteiger partial charge < -0.3 is 15.1 Å². The Bertz CT molecular complexity index is 417. The third-order valence-electron chi connectivity index (χ3n) is 4.45. The molecule has 1 aromatic rings. The number of nitrogens with zero attached hydrogens (tertiary/aromatic N) is 3. The van der Waals surface area contributed by atoms with Crippen molar-refractivity contribution < 1.29 is 0 Å². The predicted octanol–water partition coefficient (Wildman–Crippen LogP) is 2.53. The molecule has 118 valence electrons. The second-order valence-electron chi connectivity index (χ2n) is 6.26. The molecule has 0 spiro atoms. The Morgan fingerprint density at radius 1 is 1.43 bits per heavy atom. The number of rotatable bonds is 7. The Balaban J connectivity index is 1.94. The topological polar surface area (TPSA) is 31.4 Å². The molecule has 1 aliphatic heterocycles. The van der Waals surface area contributed by atoms with Crippen molar-refractivity contribution in [1.82, 2.24) is 15.2 Å². The lowest BCUT2D eigenvalue weighted by molar-refractivity contribution is 0.396. The van der Waals surface area contributed by atoms with Crippen LogP contribution in [-0.4, -0.2) is 50.2 Å². The van der Waals surface area contributed by atoms with Gasteiger partial charge in [0.2, 0.25) is 0 Å². The number of hydrogen-bond acceptors (Lipinski definition) is 4. The van der Waals surface area contributed by atoms with E-state index in [1.165, 1.54) is 25.2 Å². The number of likely N-dealkylation sites (tertiary alicyclic amines) is 1. The highest BCUT2D eigenvalue weighted by atomic mass is 15.2. The predicted molar refractivity (Wildman–Crippen MR) is 89.8 cm³/mol. The Labute approximate surface area is 129 Å². The third kappa shape index (κ3) is 4.42. The molecule has 1 saturated heterocycles. The molecule has 4 heteroatoms. The van der Waals surface area contributed by atoms with Gasteiger partial charge in [0.1, 0.15) is 0 Å². The SMILES string of the molecule is CCNC(CC)c1ccc(N(C)CC2CCN(C)C2)cn1. The fraction of sp³-hybridized carbons (Fsp3) is 0.706. The molecule has 0 amide bonds. The maximum absolute atomic E-state index is 4.66. The molecule has 2 unspecified atom stereocenters. The minimum atomic E-state index is 0.373. The summed E-state index contributed by atoms with van der Waals surface area (Å²) < 4.78 is 0. The lowest BCUT2D eigenvalue weighted by Crippen LogP contribution is -2.27. The summed E-state index contributed by atoms with van der Waals surface area (Å²) in [4.78, 5) is 9.43. The van der Waals surface area contributed by atoms with Gasteiger partial charge >= 0.3 is 0 Å². The standard InChI is InChI=1S/C17H30N4/c1-5-16(18-6-2)17-8-7-15(11-19-17)21(4)13-14-9-10-20(3)12-14/h7-8,11,14,16,18H,5-6,9-10,12-13H2,1-4H3. The van der Waals surface area contributed by atoms with Gasteiger partial charge in [-0.05, 0) is 51.0 Å². The average molecular weight is 290 g/mol. The largest absolute Gasteiger partial charge is 0.373 e. The van der Waals surface area contributed by atoms with E-state index < -0.39 is 0 Å². The van der Waals surface area contributed by atoms with Gasteiger partial charge in [-0.15, -0.1) is 0 Å². The van der Waals surface area contributed by atoms with Gasteiger partial charge in [0.05, 0.1) is 17.6 Å². The van der Waals surface area contributed by atoms with E-state index in [-0.39, 0.29) is 0 Å². The van der Waals surface area contributed by atoms with Crippen LogP contribution in [0.15, 0.2) is 18.3 Å². The van der Waals surface area contributed by atoms with Crippen LogP contribution in [0.2, 0.25) is 0 Å². The second-order valence-corrected chi connectivity index (χ2v) is 6.26. The summed E-state index contributed by atoms with van der Waals surface area (Å²) in [6, 6.07) is 4.75. The first kappa shape index (κ1) is 16.2. The summed E-state index contributed by atoms with van der Waals surface area (Å²) in [5, 5.41) is 3.48. The van der Waals surface area contributed by atoms with Gasteiger partial charge in [-0.25, -0.2) is 0 Å². The molecular weight excluding hydrogens is 260 g/mol. The van der Waals surface area contributed by atoms with E-state index in [4.69, 9.17) is 0 Å². The van der Waals surface area contributed by atoms with E-state index in [1.54, 1.807) is 0 Å². The fourth-order valence-electron chi connectivity index (χ4n) is 3.20. The molecule has 0 radical (unpaired) electrons. The molecule has 2 atom stereocenters. The molecule has 4 nitrogen and oxygen atoms in total. The highest BCUT2D eigenvalue weighted by Crippen LogP contribution is 2.21. The van der Waals surface area contributed by atoms with Crippen LogP contribution in [0.4, 0.5) is 5.69 Å². The first-order valence-corrected chi connectivity index (χ1v) is 8.23. The molecule has 0 aromatic carbocycles. The zero-order valence-corrected chi connectivity index (χ0v) is 14.0. The quantitative estimate of drug-likeness (QED) is 0.836. The molecular formula is C17H30N4. The summed E-state index contributed by atoms with van der Waals surface area (Å²) >= 11 is 0. The van der Waals surface area contributed by atoms with Gasteiger partial charge in [0, 0.05) is 26.2 Å². The van der Waals surface area contributed by atoms with E-state index in [9.17, 15) is 0 Å². The molecule has 1 N–H and O–H groups in total. The van der Waals surface area contributed by atoms with Crippen LogP contribution in [0.3, 0.4) is 0 Å². The molecule has 1 fully saturated rings. The lowest BCUT2D eigenvalue weighted by atomic mass is 10.1. The van der Waals surface area contributed by atoms with Gasteiger partial charge in [-0.2, -0.15) is 0 Å². The minimum Gasteiger partial charge on any atom is -0.373 e. The zero-order chi connectivity index (χ0) is 15.2. The smallest absolute Gasteiger partial charge is 0.0574 e. The highest BCUT2D eigenvalue weighted by Gasteiger charge is 2.21. The van der Waals surface area contributed by atoms with E-state index in [2.05, 4.69) is 60.2 Å². The Morgan fingerprint density at radius 3 is 2.76 bits per heavy atom. The van der Waals surface area contributed by atoms with Gasteiger partial charge in [-0.3, -0.25) is 4.98 Å². The van der Waals surface area contributed by atoms with Crippen molar-refractivity contribution in [3.8, 4) is 0 Å². The molecule has 0 bridgehead atoms. The monoisotopic (exact) mass is 290 g/mol. The van der Waals surface area contributed by atoms with E-state index >= 15 is 0 Å². The Morgan fingerprint density at radius 2 is 2.24 bits per heavy atom. The lowest BCUT2D eigenvalue weighted by Gasteiger charge is -2.23. The molecule has 1 aliphatic rings. The maximum atomic E-state index is 4.66. The van der Waals surface area contributed by atoms with Gasteiger partial charge in [-0.1, -0.05) is 13.8 Å². The molecule has 21 heavy (non-hydrogen) atoms. The van der Waals surface area contributed by atoms with Gasteiger partial charge in [0.25, 0.3) is 0 Å². The van der Waals surface area contributed by atoms with Crippen molar-refractivity contribution >= 4 is 5.69 Å². The number of aromatic nitrogens is 1. The van der Waals surface area contributed by atoms with E-state index in [1.807, 2.05) is 6.20 Å². The summed E-state index contributed by atoms with van der Waals surface area (Å²) in [5.41, 5.74) is 2.37. The second kappa shape index (κ2) is 7.76. The first-order chi connectivity index (χ1) is 10.1. The van der Waals surface area contributed by atoms with Crippen molar-refractivity contribution in [3.05, 3.63) is 24.0 Å². The van der Waals surface area contributed by atoms with E-state index in [0.29, 0.717) is 6.04 Å². The van der Waals surface area contributed by atoms with Crippen LogP contribution in [0.25, 0.3) is 0 Å². The number of nitrogens with one attached hydrogen (secondary N) is 1. The number of anilines is 1. The van der Waals surface area contributed by atoms with Crippen molar-refractivity contribution in [1.29, 1.82) is 0 Å². The van der Waals surface area contributed by atoms with Gasteiger partial charge in [0.15, 0.2) is 0 Å². The number of hydrogen-bond donors (Lipinski definition) is 1. The molecule has 2 rings (SSSR count). The zero-order valence-electron chi connectivity index (χ0n) is 14.0. The highest BCUT2D eigenvalue weighted by molar-refractivity contribution is 5.44. The molecule has 0 saturated carbocycles. The van der Waals surface area contributed by atoms with Crippen molar-refractivity contribution in [2.24, 2.45) is 5.92 Å². The van der Waals surface area contributed by atoms with Crippen molar-refractivity contribution in [3.63, 3.8) is 0 Å². The molecule has 1 aromatic heterocycles. The summed E-state index contributed by atoms with van der Waals surface area (Å²) in [5.74, 6) is 0.782. The van der Waals surface area contributed by atoms with Crippen LogP contribution in [0.5, 0.6) is 0 Å². The van der Waals surface area contributed by atoms with Crippen LogP contribution >= 0.6 is 0 Å². The Kier molecular flexibility index (Phi) is 6.00. The van der Waals surface area contributed by atoms with Crippen molar-refractivity contribution in [2.45, 2.75) is 32.7 Å². The first-order valence-electron chi connectivity index (χ1n) is 8.23. The molecule has 2 heterocycles. The van der Waals surface area contributed by atoms with Crippen LogP contribution < -0.4 is 10.2 Å². The van der Waals surface area contributed by atoms with Crippen molar-refractivity contribution in [2.75, 3.05) is 45.2 Å². The maximum Gasteiger partial charge on any atom is 0.0574 e. The van der Waals surface area contributed by atoms with Crippen LogP contribution in [0.1, 0.15) is 38.4 Å². The summed E-state index contributed by atoms with van der Waals surface area (Å²) in [7, 11) is 4.39. The van der Waals surface area contributed by atoms with E-state index in [0.717, 1.165) is 31.1 Å². The third-order valence-corrected chi connectivity index (χ3v) is 4.45. The van der Waals surface area contributed by atoms with Crippen LogP contribution in [0, 0.1) is 5.92 Å². The fourth-order valence-corrected chi connectivity index (χ4v) is 3.20. The summed E-state index contributed by atoms with van der Waals surface area (Å²) in [6.45, 7) is 8.90. The summed E-state index contributed by atoms with van der Waals surface area (Å²) in [6.07, 6.45) is 4.41. The minimum absolute atomic E-state index is 0.373. The normalized spacial score (nSPS) is 20.7. The Hall–Kier alpha value is -1.13. The number of pyridine rings is 1.